The molecule has 1 aromatic heterocycles. The summed E-state index contributed by atoms with van der Waals surface area (Å²) in [4.78, 5) is 8.36. The molecule has 4 nitrogen and oxygen atoms in total. The number of guanidine groups is 1. The van der Waals surface area contributed by atoms with Crippen LogP contribution < -0.4 is 11.1 Å². The fourth-order valence-corrected chi connectivity index (χ4v) is 1.22. The van der Waals surface area contributed by atoms with Gasteiger partial charge in [-0.05, 0) is 17.5 Å². The van der Waals surface area contributed by atoms with Gasteiger partial charge in [0.1, 0.15) is 11.9 Å². The van der Waals surface area contributed by atoms with Crippen LogP contribution in [0.15, 0.2) is 29.4 Å². The van der Waals surface area contributed by atoms with Crippen LogP contribution in [0.2, 0.25) is 0 Å². The highest BCUT2D eigenvalue weighted by Gasteiger charge is 2.22. The zero-order valence-corrected chi connectivity index (χ0v) is 10.4. The molecule has 1 atom stereocenters. The smallest absolute Gasteiger partial charge is 0.195 e. The first kappa shape index (κ1) is 13.0. The Morgan fingerprint density at radius 3 is 2.71 bits per heavy atom. The Labute approximate surface area is 102 Å². The third-order valence-corrected chi connectivity index (χ3v) is 2.17. The largest absolute Gasteiger partial charge is 0.370 e. The SMILES string of the molecule is C#CC(N=C(N)Nc1ccccn1)C(C)(C)C. The number of rotatable bonds is 2. The van der Waals surface area contributed by atoms with Crippen molar-refractivity contribution in [3.8, 4) is 12.3 Å². The molecule has 0 aromatic carbocycles. The Morgan fingerprint density at radius 2 is 2.24 bits per heavy atom. The van der Waals surface area contributed by atoms with Gasteiger partial charge < -0.3 is 11.1 Å². The molecule has 0 amide bonds. The zero-order valence-electron chi connectivity index (χ0n) is 10.4. The second-order valence-corrected chi connectivity index (χ2v) is 4.79. The Hall–Kier alpha value is -2.02. The quantitative estimate of drug-likeness (QED) is 0.463. The van der Waals surface area contributed by atoms with Crippen molar-refractivity contribution in [3.05, 3.63) is 24.4 Å². The van der Waals surface area contributed by atoms with Crippen LogP contribution in [0.3, 0.4) is 0 Å². The minimum absolute atomic E-state index is 0.120. The van der Waals surface area contributed by atoms with E-state index in [1.807, 2.05) is 39.0 Å². The fraction of sp³-hybridized carbons (Fsp3) is 0.385. The van der Waals surface area contributed by atoms with Crippen molar-refractivity contribution in [1.82, 2.24) is 4.98 Å². The molecule has 4 heteroatoms. The van der Waals surface area contributed by atoms with Crippen LogP contribution in [0.4, 0.5) is 5.82 Å². The molecule has 0 saturated carbocycles. The number of nitrogens with two attached hydrogens (primary N) is 1. The number of aromatic nitrogens is 1. The number of nitrogens with zero attached hydrogens (tertiary/aromatic N) is 2. The molecule has 17 heavy (non-hydrogen) atoms. The number of nitrogens with one attached hydrogen (secondary N) is 1. The highest BCUT2D eigenvalue weighted by Crippen LogP contribution is 2.21. The van der Waals surface area contributed by atoms with Gasteiger partial charge in [-0.2, -0.15) is 0 Å². The van der Waals surface area contributed by atoms with Crippen molar-refractivity contribution in [2.45, 2.75) is 26.8 Å². The molecule has 0 saturated heterocycles. The van der Waals surface area contributed by atoms with E-state index in [2.05, 4.69) is 21.2 Å². The first-order valence-corrected chi connectivity index (χ1v) is 5.41. The molecule has 0 radical (unpaired) electrons. The maximum absolute atomic E-state index is 5.78. The minimum Gasteiger partial charge on any atom is -0.370 e. The maximum atomic E-state index is 5.78. The van der Waals surface area contributed by atoms with Crippen LogP contribution >= 0.6 is 0 Å². The molecule has 0 aliphatic carbocycles. The van der Waals surface area contributed by atoms with Gasteiger partial charge in [-0.3, -0.25) is 0 Å². The van der Waals surface area contributed by atoms with Crippen LogP contribution in [-0.2, 0) is 0 Å². The van der Waals surface area contributed by atoms with E-state index < -0.39 is 0 Å². The summed E-state index contributed by atoms with van der Waals surface area (Å²) in [6.07, 6.45) is 7.12. The molecule has 0 aliphatic heterocycles. The van der Waals surface area contributed by atoms with Crippen molar-refractivity contribution >= 4 is 11.8 Å². The van der Waals surface area contributed by atoms with Crippen LogP contribution in [-0.4, -0.2) is 17.0 Å². The topological polar surface area (TPSA) is 63.3 Å². The first-order valence-electron chi connectivity index (χ1n) is 5.41. The van der Waals surface area contributed by atoms with Crippen molar-refractivity contribution in [3.63, 3.8) is 0 Å². The molecule has 0 aliphatic rings. The lowest BCUT2D eigenvalue weighted by molar-refractivity contribution is 0.376. The van der Waals surface area contributed by atoms with E-state index in [9.17, 15) is 0 Å². The third kappa shape index (κ3) is 4.15. The summed E-state index contributed by atoms with van der Waals surface area (Å²) in [5, 5.41) is 2.90. The lowest BCUT2D eigenvalue weighted by Gasteiger charge is -2.23. The molecule has 0 spiro atoms. The Morgan fingerprint density at radius 1 is 1.53 bits per heavy atom. The molecule has 0 bridgehead atoms. The predicted octanol–water partition coefficient (Wildman–Crippen LogP) is 1.86. The molecule has 1 aromatic rings. The molecule has 3 N–H and O–H groups in total. The average Bonchev–Trinajstić information content (AvgIpc) is 2.25. The van der Waals surface area contributed by atoms with Gasteiger partial charge in [-0.25, -0.2) is 9.98 Å². The van der Waals surface area contributed by atoms with E-state index in [1.165, 1.54) is 0 Å². The molecule has 90 valence electrons. The molecule has 0 fully saturated rings. The van der Waals surface area contributed by atoms with E-state index in [0.29, 0.717) is 5.82 Å². The van der Waals surface area contributed by atoms with Crippen molar-refractivity contribution in [1.29, 1.82) is 0 Å². The van der Waals surface area contributed by atoms with Crippen LogP contribution in [0.25, 0.3) is 0 Å². The second-order valence-electron chi connectivity index (χ2n) is 4.79. The van der Waals surface area contributed by atoms with E-state index in [4.69, 9.17) is 12.2 Å². The monoisotopic (exact) mass is 230 g/mol. The Kier molecular flexibility index (Phi) is 4.11. The van der Waals surface area contributed by atoms with E-state index in [-0.39, 0.29) is 17.4 Å². The standard InChI is InChI=1S/C13H18N4/c1-5-10(13(2,3)4)16-12(14)17-11-8-6-7-9-15-11/h1,6-10H,2-4H3,(H3,14,15,16,17). The maximum Gasteiger partial charge on any atom is 0.195 e. The van der Waals surface area contributed by atoms with Gasteiger partial charge in [0.15, 0.2) is 5.96 Å². The highest BCUT2D eigenvalue weighted by atomic mass is 15.1. The van der Waals surface area contributed by atoms with Gasteiger partial charge in [-0.1, -0.05) is 32.8 Å². The summed E-state index contributed by atoms with van der Waals surface area (Å²) in [6, 6.07) is 5.24. The molecular formula is C13H18N4. The first-order chi connectivity index (χ1) is 7.93. The number of anilines is 1. The summed E-state index contributed by atoms with van der Waals surface area (Å²) in [7, 11) is 0. The van der Waals surface area contributed by atoms with Gasteiger partial charge >= 0.3 is 0 Å². The summed E-state index contributed by atoms with van der Waals surface area (Å²) in [5.74, 6) is 3.56. The fourth-order valence-electron chi connectivity index (χ4n) is 1.22. The van der Waals surface area contributed by atoms with Crippen LogP contribution in [0.1, 0.15) is 20.8 Å². The Balaban J connectivity index is 2.77. The van der Waals surface area contributed by atoms with E-state index in [0.717, 1.165) is 0 Å². The molecular weight excluding hydrogens is 212 g/mol. The average molecular weight is 230 g/mol. The lowest BCUT2D eigenvalue weighted by atomic mass is 9.88. The number of pyridine rings is 1. The summed E-state index contributed by atoms with van der Waals surface area (Å²) in [5.41, 5.74) is 5.66. The van der Waals surface area contributed by atoms with Gasteiger partial charge in [-0.15, -0.1) is 6.42 Å². The molecule has 1 rings (SSSR count). The number of aliphatic imine (C=N–C) groups is 1. The summed E-state index contributed by atoms with van der Waals surface area (Å²) in [6.45, 7) is 6.07. The number of terminal acetylenes is 1. The normalized spacial score (nSPS) is 13.9. The van der Waals surface area contributed by atoms with Crippen molar-refractivity contribution < 1.29 is 0 Å². The highest BCUT2D eigenvalue weighted by molar-refractivity contribution is 5.91. The Bertz CT molecular complexity index is 423. The van der Waals surface area contributed by atoms with Crippen LogP contribution in [0, 0.1) is 17.8 Å². The van der Waals surface area contributed by atoms with Gasteiger partial charge in [0.2, 0.25) is 0 Å². The van der Waals surface area contributed by atoms with E-state index >= 15 is 0 Å². The number of hydrogen-bond donors (Lipinski definition) is 2. The zero-order chi connectivity index (χ0) is 12.9. The van der Waals surface area contributed by atoms with Crippen molar-refractivity contribution in [2.24, 2.45) is 16.1 Å². The number of hydrogen-bond acceptors (Lipinski definition) is 2. The summed E-state index contributed by atoms with van der Waals surface area (Å²) < 4.78 is 0. The van der Waals surface area contributed by atoms with Crippen molar-refractivity contribution in [2.75, 3.05) is 5.32 Å². The van der Waals surface area contributed by atoms with Gasteiger partial charge in [0.05, 0.1) is 0 Å². The molecule has 1 heterocycles. The second kappa shape index (κ2) is 5.35. The molecule has 1 unspecified atom stereocenters. The predicted molar refractivity (Wildman–Crippen MR) is 71.6 cm³/mol. The van der Waals surface area contributed by atoms with Gasteiger partial charge in [0.25, 0.3) is 0 Å². The lowest BCUT2D eigenvalue weighted by Crippen LogP contribution is -2.30. The summed E-state index contributed by atoms with van der Waals surface area (Å²) >= 11 is 0. The van der Waals surface area contributed by atoms with Crippen LogP contribution in [0.5, 0.6) is 0 Å². The van der Waals surface area contributed by atoms with Gasteiger partial charge in [0, 0.05) is 6.20 Å². The third-order valence-electron chi connectivity index (χ3n) is 2.17. The van der Waals surface area contributed by atoms with E-state index in [1.54, 1.807) is 6.20 Å². The minimum atomic E-state index is -0.265.